The zero-order valence-corrected chi connectivity index (χ0v) is 16.1. The quantitative estimate of drug-likeness (QED) is 0.474. The van der Waals surface area contributed by atoms with Gasteiger partial charge in [-0.25, -0.2) is 9.18 Å². The summed E-state index contributed by atoms with van der Waals surface area (Å²) >= 11 is 0.644. The number of carboxylic acids is 1. The largest absolute Gasteiger partial charge is 0.508 e. The van der Waals surface area contributed by atoms with Crippen molar-refractivity contribution in [3.05, 3.63) is 64.3 Å². The lowest BCUT2D eigenvalue weighted by molar-refractivity contribution is -0.123. The Morgan fingerprint density at radius 1 is 1.17 bits per heavy atom. The molecule has 0 bridgehead atoms. The molecule has 0 atom stereocenters. The number of carboxylic acid groups (broad SMARTS) is 1. The Hall–Kier alpha value is -3.66. The van der Waals surface area contributed by atoms with E-state index in [2.05, 4.69) is 5.32 Å². The van der Waals surface area contributed by atoms with Gasteiger partial charge in [0.2, 0.25) is 5.91 Å². The van der Waals surface area contributed by atoms with Crippen LogP contribution in [0, 0.1) is 5.82 Å². The number of halogens is 1. The number of hydrogen-bond acceptors (Lipinski definition) is 6. The number of thioether (sulfide) groups is 1. The van der Waals surface area contributed by atoms with E-state index in [0.717, 1.165) is 11.0 Å². The molecule has 0 radical (unpaired) electrons. The van der Waals surface area contributed by atoms with Crippen LogP contribution in [0.25, 0.3) is 6.08 Å². The molecule has 3 rings (SSSR count). The van der Waals surface area contributed by atoms with Gasteiger partial charge in [-0.3, -0.25) is 19.3 Å². The molecule has 8 nitrogen and oxygen atoms in total. The van der Waals surface area contributed by atoms with Crippen molar-refractivity contribution in [3.63, 3.8) is 0 Å². The molecule has 2 aromatic rings. The number of carbonyl (C=O) groups is 4. The zero-order valence-electron chi connectivity index (χ0n) is 15.3. The maximum Gasteiger partial charge on any atom is 0.337 e. The Morgan fingerprint density at radius 2 is 1.90 bits per heavy atom. The molecule has 0 aliphatic carbocycles. The summed E-state index contributed by atoms with van der Waals surface area (Å²) in [5.41, 5.74) is -0.171. The number of hydrogen-bond donors (Lipinski definition) is 3. The fraction of sp³-hybridized carbons (Fsp3) is 0.100. The number of rotatable bonds is 6. The standard InChI is InChI=1S/C20H15FN2O6S/c21-14-4-2-1-3-11(14)9-16-18(26)23(20(29)30-16)8-7-17(25)22-15-6-5-12(24)10-13(15)19(27)28/h1-6,9-10,24H,7-8H2,(H,22,25)(H,27,28)/b16-9-. The molecule has 0 unspecified atom stereocenters. The fourth-order valence-corrected chi connectivity index (χ4v) is 3.53. The van der Waals surface area contributed by atoms with Crippen LogP contribution < -0.4 is 5.32 Å². The van der Waals surface area contributed by atoms with Gasteiger partial charge in [-0.15, -0.1) is 0 Å². The summed E-state index contributed by atoms with van der Waals surface area (Å²) in [5, 5.41) is 20.3. The van der Waals surface area contributed by atoms with E-state index in [1.165, 1.54) is 36.4 Å². The summed E-state index contributed by atoms with van der Waals surface area (Å²) in [5.74, 6) is -3.42. The number of phenols is 1. The first-order valence-corrected chi connectivity index (χ1v) is 9.44. The van der Waals surface area contributed by atoms with Crippen LogP contribution in [-0.2, 0) is 9.59 Å². The highest BCUT2D eigenvalue weighted by molar-refractivity contribution is 8.18. The van der Waals surface area contributed by atoms with Gasteiger partial charge in [-0.2, -0.15) is 0 Å². The van der Waals surface area contributed by atoms with E-state index in [0.29, 0.717) is 11.8 Å². The highest BCUT2D eigenvalue weighted by atomic mass is 32.2. The Labute approximate surface area is 174 Å². The van der Waals surface area contributed by atoms with Crippen LogP contribution in [0.15, 0.2) is 47.4 Å². The lowest BCUT2D eigenvalue weighted by Gasteiger charge is -2.13. The monoisotopic (exact) mass is 430 g/mol. The van der Waals surface area contributed by atoms with Gasteiger partial charge in [-0.05, 0) is 42.1 Å². The van der Waals surface area contributed by atoms with E-state index < -0.39 is 28.8 Å². The second-order valence-corrected chi connectivity index (χ2v) is 7.18. The first kappa shape index (κ1) is 21.1. The van der Waals surface area contributed by atoms with Crippen molar-refractivity contribution in [1.82, 2.24) is 4.90 Å². The zero-order chi connectivity index (χ0) is 21.8. The third-order valence-electron chi connectivity index (χ3n) is 4.14. The van der Waals surface area contributed by atoms with Gasteiger partial charge in [0, 0.05) is 18.5 Å². The van der Waals surface area contributed by atoms with E-state index >= 15 is 0 Å². The molecule has 154 valence electrons. The summed E-state index contributed by atoms with van der Waals surface area (Å²) in [4.78, 5) is 48.9. The molecule has 10 heteroatoms. The Balaban J connectivity index is 1.66. The number of aromatic hydroxyl groups is 1. The van der Waals surface area contributed by atoms with Crippen molar-refractivity contribution in [1.29, 1.82) is 0 Å². The number of phenolic OH excluding ortho intramolecular Hbond substituents is 1. The van der Waals surface area contributed by atoms with Gasteiger partial charge in [0.05, 0.1) is 16.2 Å². The van der Waals surface area contributed by atoms with Crippen LogP contribution in [0.3, 0.4) is 0 Å². The Bertz CT molecular complexity index is 1080. The van der Waals surface area contributed by atoms with Gasteiger partial charge in [0.25, 0.3) is 11.1 Å². The van der Waals surface area contributed by atoms with Crippen molar-refractivity contribution < 1.29 is 33.8 Å². The minimum atomic E-state index is -1.34. The summed E-state index contributed by atoms with van der Waals surface area (Å²) in [6.45, 7) is -0.231. The Morgan fingerprint density at radius 3 is 2.60 bits per heavy atom. The maximum atomic E-state index is 13.8. The number of anilines is 1. The molecule has 1 aliphatic rings. The third-order valence-corrected chi connectivity index (χ3v) is 5.04. The van der Waals surface area contributed by atoms with Crippen LogP contribution in [-0.4, -0.2) is 44.7 Å². The van der Waals surface area contributed by atoms with Gasteiger partial charge >= 0.3 is 5.97 Å². The molecular formula is C20H15FN2O6S. The molecule has 2 aromatic carbocycles. The third kappa shape index (κ3) is 4.66. The van der Waals surface area contributed by atoms with Gasteiger partial charge in [-0.1, -0.05) is 18.2 Å². The number of nitrogens with one attached hydrogen (secondary N) is 1. The predicted molar refractivity (Wildman–Crippen MR) is 107 cm³/mol. The minimum Gasteiger partial charge on any atom is -0.508 e. The summed E-state index contributed by atoms with van der Waals surface area (Å²) in [6, 6.07) is 9.23. The molecule has 1 aliphatic heterocycles. The topological polar surface area (TPSA) is 124 Å². The molecule has 30 heavy (non-hydrogen) atoms. The van der Waals surface area contributed by atoms with Crippen molar-refractivity contribution in [2.24, 2.45) is 0 Å². The van der Waals surface area contributed by atoms with E-state index in [1.807, 2.05) is 0 Å². The molecule has 1 fully saturated rings. The smallest absolute Gasteiger partial charge is 0.337 e. The van der Waals surface area contributed by atoms with E-state index in [4.69, 9.17) is 5.11 Å². The number of nitrogens with zero attached hydrogens (tertiary/aromatic N) is 1. The number of aromatic carboxylic acids is 1. The predicted octanol–water partition coefficient (Wildman–Crippen LogP) is 3.29. The molecule has 3 N–H and O–H groups in total. The van der Waals surface area contributed by atoms with Crippen LogP contribution in [0.4, 0.5) is 14.9 Å². The van der Waals surface area contributed by atoms with Gasteiger partial charge in [0.15, 0.2) is 0 Å². The second kappa shape index (κ2) is 8.78. The van der Waals surface area contributed by atoms with Gasteiger partial charge < -0.3 is 15.5 Å². The summed E-state index contributed by atoms with van der Waals surface area (Å²) < 4.78 is 13.8. The minimum absolute atomic E-state index is 0.0288. The fourth-order valence-electron chi connectivity index (χ4n) is 2.67. The summed E-state index contributed by atoms with van der Waals surface area (Å²) in [7, 11) is 0. The number of carbonyl (C=O) groups excluding carboxylic acids is 3. The normalized spacial score (nSPS) is 15.0. The average Bonchev–Trinajstić information content (AvgIpc) is 2.96. The molecule has 0 spiro atoms. The van der Waals surface area contributed by atoms with E-state index in [1.54, 1.807) is 6.07 Å². The summed E-state index contributed by atoms with van der Waals surface area (Å²) in [6.07, 6.45) is 1.00. The van der Waals surface area contributed by atoms with Crippen LogP contribution >= 0.6 is 11.8 Å². The highest BCUT2D eigenvalue weighted by Gasteiger charge is 2.35. The Kier molecular flexibility index (Phi) is 6.17. The molecule has 1 saturated heterocycles. The van der Waals surface area contributed by atoms with Crippen LogP contribution in [0.5, 0.6) is 5.75 Å². The average molecular weight is 430 g/mol. The molecular weight excluding hydrogens is 415 g/mol. The van der Waals surface area contributed by atoms with Crippen LogP contribution in [0.1, 0.15) is 22.3 Å². The highest BCUT2D eigenvalue weighted by Crippen LogP contribution is 2.32. The molecule has 0 aromatic heterocycles. The first-order valence-electron chi connectivity index (χ1n) is 8.62. The van der Waals surface area contributed by atoms with Crippen molar-refractivity contribution in [3.8, 4) is 5.75 Å². The van der Waals surface area contributed by atoms with Crippen LogP contribution in [0.2, 0.25) is 0 Å². The van der Waals surface area contributed by atoms with Gasteiger partial charge in [0.1, 0.15) is 11.6 Å². The molecule has 1 heterocycles. The molecule has 0 saturated carbocycles. The van der Waals surface area contributed by atoms with Crippen molar-refractivity contribution >= 4 is 46.5 Å². The molecule has 3 amide bonds. The van der Waals surface area contributed by atoms with Crippen molar-refractivity contribution in [2.75, 3.05) is 11.9 Å². The lowest BCUT2D eigenvalue weighted by Crippen LogP contribution is -2.31. The SMILES string of the molecule is O=C(CCN1C(=O)S/C(=C\c2ccccc2F)C1=O)Nc1ccc(O)cc1C(=O)O. The van der Waals surface area contributed by atoms with E-state index in [9.17, 15) is 28.7 Å². The van der Waals surface area contributed by atoms with Crippen molar-refractivity contribution in [2.45, 2.75) is 6.42 Å². The first-order chi connectivity index (χ1) is 14.3. The van der Waals surface area contributed by atoms with E-state index in [-0.39, 0.29) is 40.4 Å². The maximum absolute atomic E-state index is 13.8. The number of imide groups is 1. The number of amides is 3. The number of benzene rings is 2. The second-order valence-electron chi connectivity index (χ2n) is 6.19. The lowest BCUT2D eigenvalue weighted by atomic mass is 10.1.